The summed E-state index contributed by atoms with van der Waals surface area (Å²) in [5, 5.41) is 8.82. The van der Waals surface area contributed by atoms with Crippen molar-refractivity contribution < 1.29 is 18.7 Å². The molecule has 0 spiro atoms. The molecule has 0 fully saturated rings. The van der Waals surface area contributed by atoms with E-state index in [4.69, 9.17) is 5.11 Å². The molecule has 0 aliphatic rings. The molecular formula is C16H15F2NO2. The van der Waals surface area contributed by atoms with E-state index in [1.54, 1.807) is 29.2 Å². The fourth-order valence-corrected chi connectivity index (χ4v) is 2.04. The summed E-state index contributed by atoms with van der Waals surface area (Å²) >= 11 is 0. The lowest BCUT2D eigenvalue weighted by Gasteiger charge is -2.24. The van der Waals surface area contributed by atoms with E-state index < -0.39 is 5.97 Å². The minimum absolute atomic E-state index is 0.0489. The Morgan fingerprint density at radius 1 is 1.05 bits per heavy atom. The molecule has 0 saturated heterocycles. The number of carbonyl (C=O) groups is 1. The van der Waals surface area contributed by atoms with Crippen LogP contribution in [0.15, 0.2) is 48.5 Å². The number of aliphatic carboxylic acids is 1. The summed E-state index contributed by atoms with van der Waals surface area (Å²) < 4.78 is 26.2. The van der Waals surface area contributed by atoms with E-state index in [1.165, 1.54) is 24.3 Å². The molecule has 0 radical (unpaired) electrons. The molecule has 2 rings (SSSR count). The van der Waals surface area contributed by atoms with Crippen molar-refractivity contribution in [3.8, 4) is 0 Å². The third kappa shape index (κ3) is 4.56. The third-order valence-electron chi connectivity index (χ3n) is 3.05. The molecule has 0 aliphatic carbocycles. The van der Waals surface area contributed by atoms with Crippen molar-refractivity contribution in [3.63, 3.8) is 0 Å². The Kier molecular flexibility index (Phi) is 4.87. The van der Waals surface area contributed by atoms with E-state index in [2.05, 4.69) is 0 Å². The number of anilines is 1. The van der Waals surface area contributed by atoms with Crippen molar-refractivity contribution >= 4 is 11.7 Å². The van der Waals surface area contributed by atoms with Crippen LogP contribution in [0.5, 0.6) is 0 Å². The molecule has 0 aromatic heterocycles. The lowest BCUT2D eigenvalue weighted by atomic mass is 10.2. The SMILES string of the molecule is O=C(O)CCN(Cc1cccc(F)c1)c1ccc(F)cc1. The van der Waals surface area contributed by atoms with E-state index in [-0.39, 0.29) is 24.6 Å². The van der Waals surface area contributed by atoms with Gasteiger partial charge in [-0.1, -0.05) is 12.1 Å². The minimum atomic E-state index is -0.915. The van der Waals surface area contributed by atoms with Gasteiger partial charge in [-0.15, -0.1) is 0 Å². The zero-order valence-corrected chi connectivity index (χ0v) is 11.3. The number of carboxylic acids is 1. The van der Waals surface area contributed by atoms with Crippen molar-refractivity contribution in [2.24, 2.45) is 0 Å². The van der Waals surface area contributed by atoms with Crippen LogP contribution in [0.1, 0.15) is 12.0 Å². The number of hydrogen-bond acceptors (Lipinski definition) is 2. The smallest absolute Gasteiger partial charge is 0.305 e. The van der Waals surface area contributed by atoms with E-state index in [1.807, 2.05) is 0 Å². The van der Waals surface area contributed by atoms with Crippen molar-refractivity contribution in [3.05, 3.63) is 65.7 Å². The van der Waals surface area contributed by atoms with Gasteiger partial charge < -0.3 is 10.0 Å². The van der Waals surface area contributed by atoms with Gasteiger partial charge in [-0.05, 0) is 42.0 Å². The van der Waals surface area contributed by atoms with E-state index >= 15 is 0 Å². The summed E-state index contributed by atoms with van der Waals surface area (Å²) in [6, 6.07) is 11.9. The average Bonchev–Trinajstić information content (AvgIpc) is 2.44. The molecular weight excluding hydrogens is 276 g/mol. The first-order chi connectivity index (χ1) is 10.0. The zero-order chi connectivity index (χ0) is 15.2. The lowest BCUT2D eigenvalue weighted by molar-refractivity contribution is -0.136. The number of carboxylic acid groups (broad SMARTS) is 1. The van der Waals surface area contributed by atoms with Crippen LogP contribution in [-0.2, 0) is 11.3 Å². The maximum atomic E-state index is 13.2. The largest absolute Gasteiger partial charge is 0.481 e. The summed E-state index contributed by atoms with van der Waals surface area (Å²) in [6.07, 6.45) is -0.0489. The van der Waals surface area contributed by atoms with Gasteiger partial charge in [0.25, 0.3) is 0 Å². The molecule has 0 saturated carbocycles. The van der Waals surface area contributed by atoms with Crippen molar-refractivity contribution in [2.75, 3.05) is 11.4 Å². The average molecular weight is 291 g/mol. The van der Waals surface area contributed by atoms with Gasteiger partial charge in [0.05, 0.1) is 6.42 Å². The van der Waals surface area contributed by atoms with Crippen LogP contribution < -0.4 is 4.90 Å². The summed E-state index contributed by atoms with van der Waals surface area (Å²) in [6.45, 7) is 0.619. The first-order valence-corrected chi connectivity index (χ1v) is 6.51. The predicted molar refractivity (Wildman–Crippen MR) is 76.1 cm³/mol. The Morgan fingerprint density at radius 2 is 1.76 bits per heavy atom. The van der Waals surface area contributed by atoms with Crippen LogP contribution in [0, 0.1) is 11.6 Å². The van der Waals surface area contributed by atoms with E-state index in [0.717, 1.165) is 5.56 Å². The highest BCUT2D eigenvalue weighted by atomic mass is 19.1. The maximum Gasteiger partial charge on any atom is 0.305 e. The second-order valence-corrected chi connectivity index (χ2v) is 4.67. The van der Waals surface area contributed by atoms with Crippen LogP contribution in [0.4, 0.5) is 14.5 Å². The van der Waals surface area contributed by atoms with Gasteiger partial charge in [-0.3, -0.25) is 4.79 Å². The summed E-state index contributed by atoms with van der Waals surface area (Å²) in [5.41, 5.74) is 1.42. The molecule has 0 unspecified atom stereocenters. The van der Waals surface area contributed by atoms with Crippen LogP contribution in [-0.4, -0.2) is 17.6 Å². The molecule has 1 N–H and O–H groups in total. The Hall–Kier alpha value is -2.43. The Bertz CT molecular complexity index is 614. The number of halogens is 2. The van der Waals surface area contributed by atoms with Crippen LogP contribution in [0.3, 0.4) is 0 Å². The second-order valence-electron chi connectivity index (χ2n) is 4.67. The number of benzene rings is 2. The molecule has 5 heteroatoms. The fraction of sp³-hybridized carbons (Fsp3) is 0.188. The molecule has 2 aromatic rings. The molecule has 0 amide bonds. The van der Waals surface area contributed by atoms with Gasteiger partial charge in [-0.25, -0.2) is 8.78 Å². The molecule has 2 aromatic carbocycles. The number of hydrogen-bond donors (Lipinski definition) is 1. The Balaban J connectivity index is 2.19. The molecule has 0 heterocycles. The first kappa shape index (κ1) is 15.0. The van der Waals surface area contributed by atoms with Gasteiger partial charge in [0.1, 0.15) is 11.6 Å². The topological polar surface area (TPSA) is 40.5 Å². The fourth-order valence-electron chi connectivity index (χ4n) is 2.04. The molecule has 3 nitrogen and oxygen atoms in total. The molecule has 0 atom stereocenters. The summed E-state index contributed by atoms with van der Waals surface area (Å²) in [7, 11) is 0. The minimum Gasteiger partial charge on any atom is -0.481 e. The zero-order valence-electron chi connectivity index (χ0n) is 11.3. The number of rotatable bonds is 6. The highest BCUT2D eigenvalue weighted by molar-refractivity contribution is 5.67. The van der Waals surface area contributed by atoms with Gasteiger partial charge in [0, 0.05) is 18.8 Å². The second kappa shape index (κ2) is 6.83. The molecule has 0 bridgehead atoms. The van der Waals surface area contributed by atoms with Gasteiger partial charge in [-0.2, -0.15) is 0 Å². The predicted octanol–water partition coefficient (Wildman–Crippen LogP) is 3.45. The van der Waals surface area contributed by atoms with Crippen LogP contribution in [0.2, 0.25) is 0 Å². The van der Waals surface area contributed by atoms with Gasteiger partial charge in [0.2, 0.25) is 0 Å². The van der Waals surface area contributed by atoms with Crippen LogP contribution in [0.25, 0.3) is 0 Å². The Morgan fingerprint density at radius 3 is 2.38 bits per heavy atom. The third-order valence-corrected chi connectivity index (χ3v) is 3.05. The molecule has 0 aliphatic heterocycles. The van der Waals surface area contributed by atoms with E-state index in [9.17, 15) is 13.6 Å². The van der Waals surface area contributed by atoms with E-state index in [0.29, 0.717) is 12.2 Å². The van der Waals surface area contributed by atoms with Gasteiger partial charge in [0.15, 0.2) is 0 Å². The van der Waals surface area contributed by atoms with Crippen molar-refractivity contribution in [1.82, 2.24) is 0 Å². The first-order valence-electron chi connectivity index (χ1n) is 6.51. The summed E-state index contributed by atoms with van der Waals surface area (Å²) in [5.74, 6) is -1.62. The Labute approximate surface area is 121 Å². The van der Waals surface area contributed by atoms with Crippen molar-refractivity contribution in [1.29, 1.82) is 0 Å². The highest BCUT2D eigenvalue weighted by Crippen LogP contribution is 2.18. The normalized spacial score (nSPS) is 10.4. The molecule has 110 valence electrons. The molecule has 21 heavy (non-hydrogen) atoms. The van der Waals surface area contributed by atoms with Crippen LogP contribution >= 0.6 is 0 Å². The standard InChI is InChI=1S/C16H15F2NO2/c17-13-4-6-15(7-5-13)19(9-8-16(20)21)11-12-2-1-3-14(18)10-12/h1-7,10H,8-9,11H2,(H,20,21). The lowest BCUT2D eigenvalue weighted by Crippen LogP contribution is -2.25. The maximum absolute atomic E-state index is 13.2. The quantitative estimate of drug-likeness (QED) is 0.886. The van der Waals surface area contributed by atoms with Gasteiger partial charge >= 0.3 is 5.97 Å². The highest BCUT2D eigenvalue weighted by Gasteiger charge is 2.10. The summed E-state index contributed by atoms with van der Waals surface area (Å²) in [4.78, 5) is 12.5. The monoisotopic (exact) mass is 291 g/mol. The van der Waals surface area contributed by atoms with Crippen molar-refractivity contribution in [2.45, 2.75) is 13.0 Å². The number of nitrogens with zero attached hydrogens (tertiary/aromatic N) is 1.